The summed E-state index contributed by atoms with van der Waals surface area (Å²) in [5.41, 5.74) is 10.7. The predicted octanol–water partition coefficient (Wildman–Crippen LogP) is 12.0. The predicted molar refractivity (Wildman–Crippen MR) is 213 cm³/mol. The summed E-state index contributed by atoms with van der Waals surface area (Å²) in [6, 6.07) is 57.8. The van der Waals surface area contributed by atoms with Crippen molar-refractivity contribution < 1.29 is 0 Å². The lowest BCUT2D eigenvalue weighted by atomic mass is 9.86. The average molecular weight is 645 g/mol. The van der Waals surface area contributed by atoms with E-state index in [1.165, 1.54) is 76.5 Å². The van der Waals surface area contributed by atoms with Gasteiger partial charge in [-0.15, -0.1) is 0 Å². The Morgan fingerprint density at radius 1 is 0.429 bits per heavy atom. The van der Waals surface area contributed by atoms with E-state index in [1.54, 1.807) is 0 Å². The van der Waals surface area contributed by atoms with Gasteiger partial charge in [-0.1, -0.05) is 146 Å². The standard InChI is InChI=1S/C46H36N2Si/c1-49(2,3)35-27-28-44-41(30-35)36-12-8-9-18-43(36)48(44)34-25-23-33(24-26-34)46-39-15-6-4-13-37(39)45(38-14-5-7-16-40(38)46)32-21-19-31(20-22-32)42-17-10-11-29-47-42/h4-30H,1-3H3. The van der Waals surface area contributed by atoms with Crippen molar-refractivity contribution in [1.82, 2.24) is 9.55 Å². The van der Waals surface area contributed by atoms with Crippen molar-refractivity contribution in [2.24, 2.45) is 0 Å². The van der Waals surface area contributed by atoms with Crippen LogP contribution in [0.1, 0.15) is 0 Å². The highest BCUT2D eigenvalue weighted by atomic mass is 28.3. The van der Waals surface area contributed by atoms with Crippen molar-refractivity contribution in [1.29, 1.82) is 0 Å². The second-order valence-corrected chi connectivity index (χ2v) is 19.1. The Kier molecular flexibility index (Phi) is 6.85. The van der Waals surface area contributed by atoms with Gasteiger partial charge < -0.3 is 4.57 Å². The molecule has 3 heteroatoms. The first-order valence-electron chi connectivity index (χ1n) is 17.1. The molecule has 0 saturated carbocycles. The number of para-hydroxylation sites is 1. The topological polar surface area (TPSA) is 17.8 Å². The molecule has 7 aromatic carbocycles. The second-order valence-electron chi connectivity index (χ2n) is 14.0. The van der Waals surface area contributed by atoms with E-state index in [0.717, 1.165) is 11.3 Å². The fraction of sp³-hybridized carbons (Fsp3) is 0.0652. The molecule has 9 rings (SSSR count). The lowest BCUT2D eigenvalue weighted by molar-refractivity contribution is 1.18. The van der Waals surface area contributed by atoms with Gasteiger partial charge in [0.15, 0.2) is 0 Å². The normalized spacial score (nSPS) is 12.0. The van der Waals surface area contributed by atoms with E-state index in [1.807, 2.05) is 18.3 Å². The summed E-state index contributed by atoms with van der Waals surface area (Å²) in [6.45, 7) is 7.27. The van der Waals surface area contributed by atoms with Crippen LogP contribution in [-0.4, -0.2) is 17.6 Å². The van der Waals surface area contributed by atoms with Crippen LogP contribution in [0.4, 0.5) is 0 Å². The first-order chi connectivity index (χ1) is 24.0. The zero-order valence-electron chi connectivity index (χ0n) is 28.0. The minimum absolute atomic E-state index is 0.986. The Morgan fingerprint density at radius 3 is 1.47 bits per heavy atom. The number of rotatable bonds is 5. The molecule has 2 nitrogen and oxygen atoms in total. The maximum absolute atomic E-state index is 4.56. The zero-order chi connectivity index (χ0) is 33.1. The van der Waals surface area contributed by atoms with Gasteiger partial charge in [0.1, 0.15) is 0 Å². The lowest BCUT2D eigenvalue weighted by Gasteiger charge is -2.18. The largest absolute Gasteiger partial charge is 0.309 e. The van der Waals surface area contributed by atoms with Gasteiger partial charge in [0.25, 0.3) is 0 Å². The van der Waals surface area contributed by atoms with Crippen LogP contribution in [0.5, 0.6) is 0 Å². The summed E-state index contributed by atoms with van der Waals surface area (Å²) in [6.07, 6.45) is 1.85. The Hall–Kier alpha value is -5.77. The summed E-state index contributed by atoms with van der Waals surface area (Å²) < 4.78 is 2.43. The van der Waals surface area contributed by atoms with Gasteiger partial charge in [-0.3, -0.25) is 4.98 Å². The van der Waals surface area contributed by atoms with Crippen LogP contribution >= 0.6 is 0 Å². The van der Waals surface area contributed by atoms with E-state index >= 15 is 0 Å². The molecular formula is C46H36N2Si. The van der Waals surface area contributed by atoms with Gasteiger partial charge in [-0.25, -0.2) is 0 Å². The van der Waals surface area contributed by atoms with Crippen LogP contribution in [0, 0.1) is 0 Å². The molecule has 0 aliphatic heterocycles. The van der Waals surface area contributed by atoms with Crippen LogP contribution < -0.4 is 5.19 Å². The molecule has 2 aromatic heterocycles. The number of aromatic nitrogens is 2. The molecule has 2 heterocycles. The van der Waals surface area contributed by atoms with Crippen molar-refractivity contribution in [3.05, 3.63) is 164 Å². The SMILES string of the molecule is C[Si](C)(C)c1ccc2c(c1)c1ccccc1n2-c1ccc(-c2c3ccccc3c(-c3ccc(-c4ccccn4)cc3)c3ccccc23)cc1. The first-order valence-corrected chi connectivity index (χ1v) is 20.6. The second kappa shape index (κ2) is 11.4. The van der Waals surface area contributed by atoms with Crippen molar-refractivity contribution >= 4 is 56.6 Å². The van der Waals surface area contributed by atoms with E-state index < -0.39 is 8.07 Å². The molecule has 234 valence electrons. The summed E-state index contributed by atoms with van der Waals surface area (Å²) in [5.74, 6) is 0. The van der Waals surface area contributed by atoms with Gasteiger partial charge >= 0.3 is 0 Å². The summed E-state index contributed by atoms with van der Waals surface area (Å²) >= 11 is 0. The van der Waals surface area contributed by atoms with Gasteiger partial charge in [0, 0.05) is 28.2 Å². The van der Waals surface area contributed by atoms with Crippen LogP contribution in [0.15, 0.2) is 164 Å². The number of hydrogen-bond donors (Lipinski definition) is 0. The Balaban J connectivity index is 1.20. The molecule has 0 radical (unpaired) electrons. The van der Waals surface area contributed by atoms with Gasteiger partial charge in [-0.05, 0) is 80.2 Å². The van der Waals surface area contributed by atoms with Gasteiger partial charge in [0.05, 0.1) is 24.8 Å². The number of nitrogens with zero attached hydrogens (tertiary/aromatic N) is 2. The van der Waals surface area contributed by atoms with Gasteiger partial charge in [-0.2, -0.15) is 0 Å². The van der Waals surface area contributed by atoms with E-state index in [2.05, 4.69) is 175 Å². The molecular weight excluding hydrogens is 609 g/mol. The summed E-state index contributed by atoms with van der Waals surface area (Å²) in [7, 11) is -1.45. The Labute approximate surface area is 288 Å². The third-order valence-corrected chi connectivity index (χ3v) is 12.1. The Morgan fingerprint density at radius 2 is 0.918 bits per heavy atom. The molecule has 0 fully saturated rings. The van der Waals surface area contributed by atoms with Crippen molar-refractivity contribution in [2.45, 2.75) is 19.6 Å². The highest BCUT2D eigenvalue weighted by molar-refractivity contribution is 6.88. The molecule has 0 spiro atoms. The van der Waals surface area contributed by atoms with Crippen LogP contribution in [0.2, 0.25) is 19.6 Å². The third kappa shape index (κ3) is 4.89. The molecule has 0 bridgehead atoms. The quantitative estimate of drug-likeness (QED) is 0.135. The molecule has 49 heavy (non-hydrogen) atoms. The summed E-state index contributed by atoms with van der Waals surface area (Å²) in [5, 5.41) is 9.16. The smallest absolute Gasteiger partial charge is 0.0776 e. The number of pyridine rings is 1. The van der Waals surface area contributed by atoms with E-state index in [0.29, 0.717) is 0 Å². The fourth-order valence-electron chi connectivity index (χ4n) is 7.59. The Bertz CT molecular complexity index is 2610. The molecule has 0 amide bonds. The maximum atomic E-state index is 4.56. The van der Waals surface area contributed by atoms with Crippen molar-refractivity contribution in [3.63, 3.8) is 0 Å². The average Bonchev–Trinajstić information content (AvgIpc) is 3.48. The number of fused-ring (bicyclic) bond motifs is 5. The molecule has 0 N–H and O–H groups in total. The fourth-order valence-corrected chi connectivity index (χ4v) is 8.75. The van der Waals surface area contributed by atoms with E-state index in [4.69, 9.17) is 0 Å². The highest BCUT2D eigenvalue weighted by Crippen LogP contribution is 2.44. The maximum Gasteiger partial charge on any atom is 0.0776 e. The molecule has 9 aromatic rings. The molecule has 0 aliphatic rings. The van der Waals surface area contributed by atoms with Crippen LogP contribution in [-0.2, 0) is 0 Å². The molecule has 0 saturated heterocycles. The minimum atomic E-state index is -1.45. The highest BCUT2D eigenvalue weighted by Gasteiger charge is 2.20. The zero-order valence-corrected chi connectivity index (χ0v) is 29.0. The third-order valence-electron chi connectivity index (χ3n) is 10.0. The van der Waals surface area contributed by atoms with Crippen molar-refractivity contribution in [2.75, 3.05) is 0 Å². The monoisotopic (exact) mass is 644 g/mol. The summed E-state index contributed by atoms with van der Waals surface area (Å²) in [4.78, 5) is 4.56. The number of hydrogen-bond acceptors (Lipinski definition) is 1. The van der Waals surface area contributed by atoms with E-state index in [9.17, 15) is 0 Å². The molecule has 0 aliphatic carbocycles. The lowest BCUT2D eigenvalue weighted by Crippen LogP contribution is -2.37. The first kappa shape index (κ1) is 29.4. The van der Waals surface area contributed by atoms with Gasteiger partial charge in [0.2, 0.25) is 0 Å². The molecule has 0 atom stereocenters. The molecule has 0 unspecified atom stereocenters. The van der Waals surface area contributed by atoms with Crippen molar-refractivity contribution in [3.8, 4) is 39.2 Å². The van der Waals surface area contributed by atoms with Crippen LogP contribution in [0.3, 0.4) is 0 Å². The minimum Gasteiger partial charge on any atom is -0.309 e. The number of benzene rings is 7. The van der Waals surface area contributed by atoms with E-state index in [-0.39, 0.29) is 0 Å². The van der Waals surface area contributed by atoms with Crippen LogP contribution in [0.25, 0.3) is 82.5 Å².